The van der Waals surface area contributed by atoms with Crippen LogP contribution in [0, 0.1) is 5.41 Å². The molecule has 0 unspecified atom stereocenters. The molecule has 9 N–H and O–H groups in total. The Morgan fingerprint density at radius 3 is 2.47 bits per heavy atom. The zero-order chi connectivity index (χ0) is 26.3. The number of carbonyl (C=O) groups excluding carboxylic acids is 2. The Morgan fingerprint density at radius 1 is 1.11 bits per heavy atom. The van der Waals surface area contributed by atoms with Crippen molar-refractivity contribution in [3.63, 3.8) is 0 Å². The highest BCUT2D eigenvalue weighted by molar-refractivity contribution is 7.89. The van der Waals surface area contributed by atoms with Gasteiger partial charge in [-0.05, 0) is 49.1 Å². The third kappa shape index (κ3) is 7.34. The van der Waals surface area contributed by atoms with Gasteiger partial charge in [-0.25, -0.2) is 8.42 Å². The molecule has 1 atom stereocenters. The molecule has 0 radical (unpaired) electrons. The van der Waals surface area contributed by atoms with Crippen LogP contribution in [0.1, 0.15) is 30.4 Å². The van der Waals surface area contributed by atoms with E-state index in [4.69, 9.17) is 22.6 Å². The van der Waals surface area contributed by atoms with Crippen molar-refractivity contribution < 1.29 is 18.0 Å². The quantitative estimate of drug-likeness (QED) is 0.190. The Labute approximate surface area is 211 Å². The summed E-state index contributed by atoms with van der Waals surface area (Å²) in [6.45, 7) is 1.05. The molecule has 1 aliphatic rings. The molecule has 11 nitrogen and oxygen atoms in total. The number of carbonyl (C=O) groups is 2. The van der Waals surface area contributed by atoms with E-state index in [1.54, 1.807) is 35.2 Å². The standard InChI is InChI=1S/C24H33N7O4S/c25-10-7-22(32)29-19-5-2-6-20(15-19)36(34,35)30-21(24(33)31-11-8-18(26)9-12-31)14-16-3-1-4-17(13-16)23(27)28/h1-6,13,15,18,21,30H,7-12,14,25-26H2,(H3,27,28)(H,29,32)/t21-/m0/s1. The first-order valence-electron chi connectivity index (χ1n) is 11.7. The number of piperidine rings is 1. The lowest BCUT2D eigenvalue weighted by atomic mass is 10.0. The fraction of sp³-hybridized carbons (Fsp3) is 0.375. The van der Waals surface area contributed by atoms with E-state index in [0.717, 1.165) is 0 Å². The Bertz CT molecular complexity index is 1210. The fourth-order valence-electron chi connectivity index (χ4n) is 3.97. The number of nitrogens with zero attached hydrogens (tertiary/aromatic N) is 1. The van der Waals surface area contributed by atoms with Crippen LogP contribution in [0.15, 0.2) is 53.4 Å². The summed E-state index contributed by atoms with van der Waals surface area (Å²) in [6, 6.07) is 11.5. The van der Waals surface area contributed by atoms with Crippen LogP contribution in [-0.4, -0.2) is 62.7 Å². The second-order valence-electron chi connectivity index (χ2n) is 8.77. The third-order valence-corrected chi connectivity index (χ3v) is 7.39. The number of nitrogens with two attached hydrogens (primary N) is 3. The molecule has 3 rings (SSSR count). The fourth-order valence-corrected chi connectivity index (χ4v) is 5.21. The zero-order valence-electron chi connectivity index (χ0n) is 19.9. The van der Waals surface area contributed by atoms with Crippen LogP contribution in [0.5, 0.6) is 0 Å². The second kappa shape index (κ2) is 12.1. The Balaban J connectivity index is 1.87. The highest BCUT2D eigenvalue weighted by Gasteiger charge is 2.31. The summed E-state index contributed by atoms with van der Waals surface area (Å²) in [4.78, 5) is 26.8. The minimum absolute atomic E-state index is 0.00802. The summed E-state index contributed by atoms with van der Waals surface area (Å²) < 4.78 is 29.2. The molecule has 194 valence electrons. The van der Waals surface area contributed by atoms with Crippen molar-refractivity contribution in [2.45, 2.75) is 42.7 Å². The van der Waals surface area contributed by atoms with Gasteiger partial charge in [0, 0.05) is 43.3 Å². The van der Waals surface area contributed by atoms with Crippen LogP contribution >= 0.6 is 0 Å². The van der Waals surface area contributed by atoms with Crippen LogP contribution in [-0.2, 0) is 26.0 Å². The van der Waals surface area contributed by atoms with Gasteiger partial charge in [0.05, 0.1) is 4.90 Å². The number of amides is 2. The van der Waals surface area contributed by atoms with Crippen molar-refractivity contribution >= 4 is 33.4 Å². The average Bonchev–Trinajstić information content (AvgIpc) is 2.84. The summed E-state index contributed by atoms with van der Waals surface area (Å²) in [5, 5.41) is 10.3. The van der Waals surface area contributed by atoms with E-state index in [-0.39, 0.29) is 48.0 Å². The monoisotopic (exact) mass is 515 g/mol. The smallest absolute Gasteiger partial charge is 0.241 e. The molecule has 12 heteroatoms. The molecular formula is C24H33N7O4S. The van der Waals surface area contributed by atoms with Crippen molar-refractivity contribution in [2.24, 2.45) is 17.2 Å². The molecular weight excluding hydrogens is 482 g/mol. The van der Waals surface area contributed by atoms with Gasteiger partial charge in [0.2, 0.25) is 21.8 Å². The molecule has 2 aromatic carbocycles. The van der Waals surface area contributed by atoms with Crippen LogP contribution in [0.25, 0.3) is 0 Å². The first-order chi connectivity index (χ1) is 17.1. The SMILES string of the molecule is N=C(N)c1cccc(C[C@H](NS(=O)(=O)c2cccc(NC(=O)CCN)c2)C(=O)N2CCC(N)CC2)c1. The average molecular weight is 516 g/mol. The van der Waals surface area contributed by atoms with Crippen molar-refractivity contribution in [3.05, 3.63) is 59.7 Å². The predicted octanol–water partition coefficient (Wildman–Crippen LogP) is 0.0973. The number of anilines is 1. The molecule has 1 heterocycles. The van der Waals surface area contributed by atoms with Crippen LogP contribution in [0.4, 0.5) is 5.69 Å². The maximum Gasteiger partial charge on any atom is 0.241 e. The van der Waals surface area contributed by atoms with E-state index in [0.29, 0.717) is 42.7 Å². The van der Waals surface area contributed by atoms with Crippen molar-refractivity contribution in [1.29, 1.82) is 5.41 Å². The van der Waals surface area contributed by atoms with Gasteiger partial charge in [-0.15, -0.1) is 0 Å². The Morgan fingerprint density at radius 2 is 1.81 bits per heavy atom. The molecule has 0 saturated carbocycles. The Kier molecular flexibility index (Phi) is 9.15. The maximum atomic E-state index is 13.4. The molecule has 36 heavy (non-hydrogen) atoms. The number of nitrogens with one attached hydrogen (secondary N) is 3. The second-order valence-corrected chi connectivity index (χ2v) is 10.5. The van der Waals surface area contributed by atoms with Gasteiger partial charge in [0.15, 0.2) is 0 Å². The lowest BCUT2D eigenvalue weighted by Gasteiger charge is -2.33. The van der Waals surface area contributed by atoms with Gasteiger partial charge in [0.25, 0.3) is 0 Å². The topological polar surface area (TPSA) is 197 Å². The van der Waals surface area contributed by atoms with E-state index < -0.39 is 16.1 Å². The number of rotatable bonds is 10. The highest BCUT2D eigenvalue weighted by atomic mass is 32.2. The van der Waals surface area contributed by atoms with E-state index in [1.807, 2.05) is 0 Å². The maximum absolute atomic E-state index is 13.4. The molecule has 1 fully saturated rings. The van der Waals surface area contributed by atoms with Gasteiger partial charge in [0.1, 0.15) is 11.9 Å². The molecule has 2 amide bonds. The molecule has 0 aliphatic carbocycles. The highest BCUT2D eigenvalue weighted by Crippen LogP contribution is 2.19. The first kappa shape index (κ1) is 27.3. The van der Waals surface area contributed by atoms with E-state index in [9.17, 15) is 18.0 Å². The summed E-state index contributed by atoms with van der Waals surface area (Å²) in [6.07, 6.45) is 1.43. The van der Waals surface area contributed by atoms with E-state index in [1.165, 1.54) is 18.2 Å². The number of nitrogen functional groups attached to an aromatic ring is 1. The number of benzene rings is 2. The van der Waals surface area contributed by atoms with Gasteiger partial charge in [-0.3, -0.25) is 15.0 Å². The van der Waals surface area contributed by atoms with Crippen molar-refractivity contribution in [2.75, 3.05) is 25.0 Å². The minimum Gasteiger partial charge on any atom is -0.384 e. The summed E-state index contributed by atoms with van der Waals surface area (Å²) >= 11 is 0. The number of hydrogen-bond donors (Lipinski definition) is 6. The van der Waals surface area contributed by atoms with Gasteiger partial charge in [-0.1, -0.05) is 24.3 Å². The van der Waals surface area contributed by atoms with Crippen molar-refractivity contribution in [1.82, 2.24) is 9.62 Å². The molecule has 0 spiro atoms. The summed E-state index contributed by atoms with van der Waals surface area (Å²) in [7, 11) is -4.14. The summed E-state index contributed by atoms with van der Waals surface area (Å²) in [5.41, 5.74) is 18.4. The summed E-state index contributed by atoms with van der Waals surface area (Å²) in [5.74, 6) is -0.813. The molecule has 2 aromatic rings. The first-order valence-corrected chi connectivity index (χ1v) is 13.2. The van der Waals surface area contributed by atoms with Gasteiger partial charge in [-0.2, -0.15) is 4.72 Å². The van der Waals surface area contributed by atoms with E-state index in [2.05, 4.69) is 10.0 Å². The number of likely N-dealkylation sites (tertiary alicyclic amines) is 1. The number of sulfonamides is 1. The predicted molar refractivity (Wildman–Crippen MR) is 138 cm³/mol. The van der Waals surface area contributed by atoms with Gasteiger partial charge >= 0.3 is 0 Å². The van der Waals surface area contributed by atoms with Crippen LogP contribution < -0.4 is 27.2 Å². The zero-order valence-corrected chi connectivity index (χ0v) is 20.8. The number of amidine groups is 1. The largest absolute Gasteiger partial charge is 0.384 e. The number of hydrogen-bond acceptors (Lipinski definition) is 7. The molecule has 0 aromatic heterocycles. The van der Waals surface area contributed by atoms with Crippen molar-refractivity contribution in [3.8, 4) is 0 Å². The normalized spacial score (nSPS) is 15.3. The van der Waals surface area contributed by atoms with Gasteiger partial charge < -0.3 is 27.4 Å². The minimum atomic E-state index is -4.14. The lowest BCUT2D eigenvalue weighted by Crippen LogP contribution is -2.52. The molecule has 1 saturated heterocycles. The third-order valence-electron chi connectivity index (χ3n) is 5.92. The molecule has 0 bridgehead atoms. The van der Waals surface area contributed by atoms with Crippen LogP contribution in [0.2, 0.25) is 0 Å². The Hall–Kier alpha value is -3.32. The van der Waals surface area contributed by atoms with Crippen LogP contribution in [0.3, 0.4) is 0 Å². The lowest BCUT2D eigenvalue weighted by molar-refractivity contribution is -0.134. The van der Waals surface area contributed by atoms with E-state index >= 15 is 0 Å². The molecule has 1 aliphatic heterocycles.